The Kier molecular flexibility index (Phi) is 5.72. The second-order valence-corrected chi connectivity index (χ2v) is 7.24. The van der Waals surface area contributed by atoms with Gasteiger partial charge in [-0.1, -0.05) is 0 Å². The molecule has 1 atom stereocenters. The minimum Gasteiger partial charge on any atom is -0.397 e. The van der Waals surface area contributed by atoms with E-state index in [0.29, 0.717) is 29.7 Å². The molecule has 0 radical (unpaired) electrons. The summed E-state index contributed by atoms with van der Waals surface area (Å²) >= 11 is 1.25. The quantitative estimate of drug-likeness (QED) is 0.727. The zero-order valence-electron chi connectivity index (χ0n) is 14.4. The van der Waals surface area contributed by atoms with Crippen molar-refractivity contribution in [3.05, 3.63) is 17.1 Å². The molecule has 0 aromatic carbocycles. The van der Waals surface area contributed by atoms with Crippen LogP contribution in [0.1, 0.15) is 22.5 Å². The average molecular weight is 364 g/mol. The van der Waals surface area contributed by atoms with Gasteiger partial charge in [0.2, 0.25) is 0 Å². The molecule has 0 bridgehead atoms. The van der Waals surface area contributed by atoms with Crippen LogP contribution in [0.15, 0.2) is 12.3 Å². The lowest BCUT2D eigenvalue weighted by molar-refractivity contribution is 0.0485. The fourth-order valence-corrected chi connectivity index (χ4v) is 4.22. The van der Waals surface area contributed by atoms with Gasteiger partial charge in [0.15, 0.2) is 0 Å². The molecule has 8 heteroatoms. The van der Waals surface area contributed by atoms with E-state index >= 15 is 0 Å². The van der Waals surface area contributed by atoms with E-state index in [2.05, 4.69) is 9.88 Å². The molecular weight excluding hydrogens is 340 g/mol. The van der Waals surface area contributed by atoms with Gasteiger partial charge in [-0.15, -0.1) is 11.3 Å². The second-order valence-electron chi connectivity index (χ2n) is 6.24. The van der Waals surface area contributed by atoms with Crippen molar-refractivity contribution in [3.63, 3.8) is 0 Å². The lowest BCUT2D eigenvalue weighted by atomic mass is 9.98. The zero-order valence-corrected chi connectivity index (χ0v) is 15.2. The van der Waals surface area contributed by atoms with Crippen LogP contribution in [0.3, 0.4) is 0 Å². The average Bonchev–Trinajstić information content (AvgIpc) is 2.96. The van der Waals surface area contributed by atoms with Crippen molar-refractivity contribution < 1.29 is 14.3 Å². The molecule has 7 nitrogen and oxygen atoms in total. The number of nitrogens with zero attached hydrogens (tertiary/aromatic N) is 2. The highest BCUT2D eigenvalue weighted by Crippen LogP contribution is 2.39. The van der Waals surface area contributed by atoms with Gasteiger partial charge in [0.05, 0.1) is 36.6 Å². The van der Waals surface area contributed by atoms with Gasteiger partial charge in [0, 0.05) is 26.4 Å². The first-order chi connectivity index (χ1) is 12.1. The molecule has 3 heterocycles. The lowest BCUT2D eigenvalue weighted by Gasteiger charge is -2.34. The predicted octanol–water partition coefficient (Wildman–Crippen LogP) is 1.86. The van der Waals surface area contributed by atoms with Gasteiger partial charge in [-0.3, -0.25) is 4.79 Å². The van der Waals surface area contributed by atoms with Crippen LogP contribution in [-0.4, -0.2) is 50.9 Å². The minimum atomic E-state index is -0.505. The molecule has 1 fully saturated rings. The summed E-state index contributed by atoms with van der Waals surface area (Å²) in [5.41, 5.74) is 13.1. The van der Waals surface area contributed by atoms with Crippen LogP contribution in [0.25, 0.3) is 10.2 Å². The smallest absolute Gasteiger partial charge is 0.260 e. The number of nitrogen functional groups attached to an aromatic ring is 1. The minimum absolute atomic E-state index is 0.381. The number of primary amides is 1. The van der Waals surface area contributed by atoms with E-state index in [9.17, 15) is 4.79 Å². The molecule has 25 heavy (non-hydrogen) atoms. The Balaban J connectivity index is 1.80. The maximum atomic E-state index is 11.6. The van der Waals surface area contributed by atoms with Crippen molar-refractivity contribution in [1.29, 1.82) is 0 Å². The third-order valence-electron chi connectivity index (χ3n) is 4.48. The number of pyridine rings is 1. The number of hydrogen-bond donors (Lipinski definition) is 2. The Morgan fingerprint density at radius 3 is 3.08 bits per heavy atom. The Hall–Kier alpha value is -1.90. The van der Waals surface area contributed by atoms with Crippen LogP contribution in [-0.2, 0) is 9.47 Å². The van der Waals surface area contributed by atoms with Gasteiger partial charge in [0.25, 0.3) is 5.91 Å². The number of rotatable bonds is 7. The Labute approximate surface area is 150 Å². The Morgan fingerprint density at radius 2 is 2.32 bits per heavy atom. The topological polar surface area (TPSA) is 104 Å². The van der Waals surface area contributed by atoms with Crippen LogP contribution in [0.2, 0.25) is 0 Å². The zero-order chi connectivity index (χ0) is 17.8. The number of piperidine rings is 1. The summed E-state index contributed by atoms with van der Waals surface area (Å²) in [5, 5.41) is 0.835. The lowest BCUT2D eigenvalue weighted by Crippen LogP contribution is -2.37. The van der Waals surface area contributed by atoms with Gasteiger partial charge >= 0.3 is 0 Å². The predicted molar refractivity (Wildman–Crippen MR) is 100 cm³/mol. The van der Waals surface area contributed by atoms with Crippen molar-refractivity contribution in [2.75, 3.05) is 50.7 Å². The van der Waals surface area contributed by atoms with Crippen LogP contribution < -0.4 is 16.4 Å². The first-order valence-corrected chi connectivity index (χ1v) is 9.22. The molecule has 4 N–H and O–H groups in total. The van der Waals surface area contributed by atoms with Crippen LogP contribution >= 0.6 is 11.3 Å². The largest absolute Gasteiger partial charge is 0.397 e. The van der Waals surface area contributed by atoms with Crippen molar-refractivity contribution >= 4 is 38.8 Å². The summed E-state index contributed by atoms with van der Waals surface area (Å²) < 4.78 is 10.7. The molecule has 0 aliphatic carbocycles. The summed E-state index contributed by atoms with van der Waals surface area (Å²) in [6, 6.07) is 1.96. The number of anilines is 2. The number of carbonyl (C=O) groups is 1. The number of amides is 1. The molecule has 3 rings (SSSR count). The summed E-state index contributed by atoms with van der Waals surface area (Å²) in [5.74, 6) is -0.0428. The van der Waals surface area contributed by atoms with Crippen molar-refractivity contribution in [2.45, 2.75) is 12.8 Å². The molecule has 1 amide bonds. The first-order valence-electron chi connectivity index (χ1n) is 8.40. The first kappa shape index (κ1) is 17.9. The number of ether oxygens (including phenoxy) is 2. The van der Waals surface area contributed by atoms with Gasteiger partial charge in [-0.2, -0.15) is 0 Å². The van der Waals surface area contributed by atoms with E-state index in [0.717, 1.165) is 48.4 Å². The fourth-order valence-electron chi connectivity index (χ4n) is 3.29. The van der Waals surface area contributed by atoms with Crippen LogP contribution in [0.4, 0.5) is 11.4 Å². The van der Waals surface area contributed by atoms with E-state index in [1.807, 2.05) is 6.07 Å². The van der Waals surface area contributed by atoms with Crippen molar-refractivity contribution in [1.82, 2.24) is 4.98 Å². The highest BCUT2D eigenvalue weighted by molar-refractivity contribution is 7.21. The number of fused-ring (bicyclic) bond motifs is 1. The summed E-state index contributed by atoms with van der Waals surface area (Å²) in [6.45, 7) is 3.80. The van der Waals surface area contributed by atoms with Gasteiger partial charge in [-0.05, 0) is 24.8 Å². The monoisotopic (exact) mass is 364 g/mol. The second kappa shape index (κ2) is 7.99. The molecule has 136 valence electrons. The third-order valence-corrected chi connectivity index (χ3v) is 5.60. The van der Waals surface area contributed by atoms with Crippen molar-refractivity contribution in [3.8, 4) is 0 Å². The number of carbonyl (C=O) groups excluding carboxylic acids is 1. The van der Waals surface area contributed by atoms with Crippen LogP contribution in [0, 0.1) is 5.92 Å². The molecular formula is C17H24N4O3S. The molecule has 1 aliphatic rings. The Morgan fingerprint density at radius 1 is 1.48 bits per heavy atom. The molecule has 2 aromatic rings. The highest BCUT2D eigenvalue weighted by atomic mass is 32.1. The number of thiophene rings is 1. The standard InChI is InChI=1S/C17H24N4O3S/c1-23-7-8-24-10-11-3-2-6-21(9-11)12-4-5-20-17-13(12)14(18)15(25-17)16(19)22/h4-5,11H,2-3,6-10,18H2,1H3,(H2,19,22)/t11-/m0/s1. The SMILES string of the molecule is COCCOC[C@H]1CCCN(c2ccnc3sc(C(N)=O)c(N)c23)C1. The number of methoxy groups -OCH3 is 1. The summed E-state index contributed by atoms with van der Waals surface area (Å²) in [6.07, 6.45) is 4.00. The molecule has 0 spiro atoms. The third kappa shape index (κ3) is 3.86. The number of nitrogens with two attached hydrogens (primary N) is 2. The van der Waals surface area contributed by atoms with E-state index in [4.69, 9.17) is 20.9 Å². The number of aromatic nitrogens is 1. The van der Waals surface area contributed by atoms with E-state index in [1.165, 1.54) is 11.3 Å². The molecule has 2 aromatic heterocycles. The molecule has 0 saturated carbocycles. The maximum Gasteiger partial charge on any atom is 0.260 e. The maximum absolute atomic E-state index is 11.6. The van der Waals surface area contributed by atoms with Gasteiger partial charge in [0.1, 0.15) is 9.71 Å². The summed E-state index contributed by atoms with van der Waals surface area (Å²) in [4.78, 5) is 19.4. The molecule has 1 saturated heterocycles. The summed E-state index contributed by atoms with van der Waals surface area (Å²) in [7, 11) is 1.67. The van der Waals surface area contributed by atoms with Gasteiger partial charge in [-0.25, -0.2) is 4.98 Å². The highest BCUT2D eigenvalue weighted by Gasteiger charge is 2.24. The van der Waals surface area contributed by atoms with E-state index in [-0.39, 0.29) is 0 Å². The Bertz CT molecular complexity index is 749. The van der Waals surface area contributed by atoms with E-state index in [1.54, 1.807) is 13.3 Å². The van der Waals surface area contributed by atoms with Crippen LogP contribution in [0.5, 0.6) is 0 Å². The fraction of sp³-hybridized carbons (Fsp3) is 0.529. The van der Waals surface area contributed by atoms with Gasteiger partial charge < -0.3 is 25.8 Å². The van der Waals surface area contributed by atoms with Crippen molar-refractivity contribution in [2.24, 2.45) is 11.7 Å². The van der Waals surface area contributed by atoms with E-state index < -0.39 is 5.91 Å². The number of hydrogen-bond acceptors (Lipinski definition) is 7. The molecule has 0 unspecified atom stereocenters. The molecule has 1 aliphatic heterocycles. The normalized spacial score (nSPS) is 18.0.